The third kappa shape index (κ3) is 4.59. The van der Waals surface area contributed by atoms with E-state index in [2.05, 4.69) is 0 Å². The van der Waals surface area contributed by atoms with Crippen LogP contribution in [0.1, 0.15) is 11.1 Å². The van der Waals surface area contributed by atoms with Crippen LogP contribution in [0.2, 0.25) is 0 Å². The Morgan fingerprint density at radius 2 is 1.67 bits per heavy atom. The predicted molar refractivity (Wildman–Crippen MR) is 95.4 cm³/mol. The predicted octanol–water partition coefficient (Wildman–Crippen LogP) is 3.14. The second kappa shape index (κ2) is 7.99. The van der Waals surface area contributed by atoms with Crippen molar-refractivity contribution in [3.05, 3.63) is 65.1 Å². The van der Waals surface area contributed by atoms with Gasteiger partial charge >= 0.3 is 0 Å². The Bertz CT molecular complexity index is 801. The zero-order valence-corrected chi connectivity index (χ0v) is 14.8. The molecule has 0 N–H and O–H groups in total. The Hall–Kier alpha value is -2.31. The average Bonchev–Trinajstić information content (AvgIpc) is 2.60. The highest BCUT2D eigenvalue weighted by Gasteiger charge is 2.15. The van der Waals surface area contributed by atoms with E-state index in [1.807, 2.05) is 36.4 Å². The maximum Gasteiger partial charge on any atom is 0.236 e. The molecule has 0 unspecified atom stereocenters. The Morgan fingerprint density at radius 1 is 1.00 bits per heavy atom. The number of hydrogen-bond donors (Lipinski definition) is 0. The number of nitrogens with zero attached hydrogens (tertiary/aromatic N) is 1. The quantitative estimate of drug-likeness (QED) is 0.772. The maximum absolute atomic E-state index is 12.4. The molecule has 0 saturated carbocycles. The van der Waals surface area contributed by atoms with Gasteiger partial charge in [0.05, 0.1) is 14.2 Å². The molecule has 6 heteroatoms. The first kappa shape index (κ1) is 18.0. The van der Waals surface area contributed by atoms with Crippen molar-refractivity contribution in [3.63, 3.8) is 0 Å². The number of rotatable bonds is 7. The number of ether oxygens (including phenoxy) is 2. The molecule has 24 heavy (non-hydrogen) atoms. The van der Waals surface area contributed by atoms with E-state index in [1.54, 1.807) is 39.5 Å². The zero-order valence-electron chi connectivity index (χ0n) is 14.0. The molecule has 128 valence electrons. The minimum absolute atomic E-state index is 0.238. The van der Waals surface area contributed by atoms with Crippen molar-refractivity contribution in [2.24, 2.45) is 0 Å². The van der Waals surface area contributed by atoms with Crippen LogP contribution >= 0.6 is 0 Å². The third-order valence-electron chi connectivity index (χ3n) is 3.52. The van der Waals surface area contributed by atoms with Crippen molar-refractivity contribution < 1.29 is 17.9 Å². The van der Waals surface area contributed by atoms with E-state index in [0.717, 1.165) is 11.1 Å². The van der Waals surface area contributed by atoms with Gasteiger partial charge in [0.25, 0.3) is 0 Å². The average molecular weight is 347 g/mol. The summed E-state index contributed by atoms with van der Waals surface area (Å²) in [6.07, 6.45) is 1.58. The van der Waals surface area contributed by atoms with Crippen LogP contribution in [0.25, 0.3) is 6.08 Å². The first-order chi connectivity index (χ1) is 11.5. The molecule has 2 aromatic rings. The molecule has 0 heterocycles. The van der Waals surface area contributed by atoms with Gasteiger partial charge in [-0.05, 0) is 29.3 Å². The minimum Gasteiger partial charge on any atom is -0.493 e. The second-order valence-electron chi connectivity index (χ2n) is 5.20. The molecule has 0 amide bonds. The van der Waals surface area contributed by atoms with Gasteiger partial charge in [-0.1, -0.05) is 36.4 Å². The second-order valence-corrected chi connectivity index (χ2v) is 7.13. The number of sulfonamides is 1. The fourth-order valence-corrected chi connectivity index (χ4v) is 3.02. The van der Waals surface area contributed by atoms with Gasteiger partial charge in [0.15, 0.2) is 11.5 Å². The molecule has 2 aromatic carbocycles. The summed E-state index contributed by atoms with van der Waals surface area (Å²) in [5.74, 6) is 1.18. The Balaban J connectivity index is 2.13. The Kier molecular flexibility index (Phi) is 6.00. The van der Waals surface area contributed by atoms with Crippen molar-refractivity contribution in [3.8, 4) is 11.5 Å². The van der Waals surface area contributed by atoms with Crippen LogP contribution in [0.3, 0.4) is 0 Å². The summed E-state index contributed by atoms with van der Waals surface area (Å²) in [5.41, 5.74) is 1.65. The zero-order chi connectivity index (χ0) is 17.6. The monoisotopic (exact) mass is 347 g/mol. The summed E-state index contributed by atoms with van der Waals surface area (Å²) in [7, 11) is 1.14. The van der Waals surface area contributed by atoms with Gasteiger partial charge in [0.2, 0.25) is 10.0 Å². The van der Waals surface area contributed by atoms with E-state index in [4.69, 9.17) is 9.47 Å². The molecule has 0 aliphatic heterocycles. The van der Waals surface area contributed by atoms with Crippen LogP contribution in [0.15, 0.2) is 53.9 Å². The molecule has 0 saturated heterocycles. The highest BCUT2D eigenvalue weighted by molar-refractivity contribution is 7.92. The van der Waals surface area contributed by atoms with Crippen LogP contribution in [0, 0.1) is 0 Å². The summed E-state index contributed by atoms with van der Waals surface area (Å²) in [5, 5.41) is 1.21. The number of benzene rings is 2. The van der Waals surface area contributed by atoms with E-state index in [-0.39, 0.29) is 6.54 Å². The minimum atomic E-state index is -3.51. The molecule has 5 nitrogen and oxygen atoms in total. The van der Waals surface area contributed by atoms with Crippen LogP contribution in [0.4, 0.5) is 0 Å². The lowest BCUT2D eigenvalue weighted by Crippen LogP contribution is -2.24. The van der Waals surface area contributed by atoms with Gasteiger partial charge in [-0.25, -0.2) is 8.42 Å². The summed E-state index contributed by atoms with van der Waals surface area (Å²) < 4.78 is 36.4. The topological polar surface area (TPSA) is 55.8 Å². The molecule has 0 atom stereocenters. The Morgan fingerprint density at radius 3 is 2.29 bits per heavy atom. The van der Waals surface area contributed by atoms with E-state index >= 15 is 0 Å². The summed E-state index contributed by atoms with van der Waals surface area (Å²) >= 11 is 0. The molecule has 0 aliphatic rings. The van der Waals surface area contributed by atoms with Crippen molar-refractivity contribution >= 4 is 16.1 Å². The molecule has 0 radical (unpaired) electrons. The molecule has 2 rings (SSSR count). The molecule has 0 fully saturated rings. The van der Waals surface area contributed by atoms with Gasteiger partial charge in [-0.15, -0.1) is 0 Å². The molecular weight excluding hydrogens is 326 g/mol. The van der Waals surface area contributed by atoms with Crippen molar-refractivity contribution in [2.45, 2.75) is 6.54 Å². The van der Waals surface area contributed by atoms with Crippen molar-refractivity contribution in [2.75, 3.05) is 21.3 Å². The van der Waals surface area contributed by atoms with Gasteiger partial charge < -0.3 is 9.47 Å². The maximum atomic E-state index is 12.4. The fourth-order valence-electron chi connectivity index (χ4n) is 2.16. The number of methoxy groups -OCH3 is 2. The van der Waals surface area contributed by atoms with Crippen LogP contribution < -0.4 is 9.47 Å². The van der Waals surface area contributed by atoms with E-state index in [9.17, 15) is 8.42 Å². The molecule has 0 bridgehead atoms. The lowest BCUT2D eigenvalue weighted by atomic mass is 10.2. The van der Waals surface area contributed by atoms with Gasteiger partial charge in [0, 0.05) is 19.0 Å². The Labute approximate surface area is 143 Å². The highest BCUT2D eigenvalue weighted by atomic mass is 32.2. The SMILES string of the molecule is COc1ccc(CN(C)S(=O)(=O)C=Cc2ccccc2)cc1OC. The molecular formula is C18H21NO4S. The lowest BCUT2D eigenvalue weighted by molar-refractivity contribution is 0.354. The largest absolute Gasteiger partial charge is 0.493 e. The van der Waals surface area contributed by atoms with Gasteiger partial charge in [-0.3, -0.25) is 0 Å². The van der Waals surface area contributed by atoms with Gasteiger partial charge in [-0.2, -0.15) is 4.31 Å². The summed E-state index contributed by atoms with van der Waals surface area (Å²) in [6.45, 7) is 0.238. The van der Waals surface area contributed by atoms with Crippen molar-refractivity contribution in [1.82, 2.24) is 4.31 Å². The third-order valence-corrected chi connectivity index (χ3v) is 5.00. The standard InChI is InChI=1S/C18H21NO4S/c1-19(14-16-9-10-17(22-2)18(13-16)23-3)24(20,21)12-11-15-7-5-4-6-8-15/h4-13H,14H2,1-3H3. The molecule has 0 aliphatic carbocycles. The highest BCUT2D eigenvalue weighted by Crippen LogP contribution is 2.28. The van der Waals surface area contributed by atoms with Crippen LogP contribution in [-0.2, 0) is 16.6 Å². The first-order valence-corrected chi connectivity index (χ1v) is 8.87. The normalized spacial score (nSPS) is 11.8. The van der Waals surface area contributed by atoms with Crippen LogP contribution in [0.5, 0.6) is 11.5 Å². The summed E-state index contributed by atoms with van der Waals surface area (Å²) in [6, 6.07) is 14.6. The van der Waals surface area contributed by atoms with E-state index < -0.39 is 10.0 Å². The van der Waals surface area contributed by atoms with Crippen LogP contribution in [-0.4, -0.2) is 34.0 Å². The molecule has 0 spiro atoms. The smallest absolute Gasteiger partial charge is 0.236 e. The first-order valence-electron chi connectivity index (χ1n) is 7.36. The lowest BCUT2D eigenvalue weighted by Gasteiger charge is -2.16. The van der Waals surface area contributed by atoms with E-state index in [0.29, 0.717) is 11.5 Å². The summed E-state index contributed by atoms with van der Waals surface area (Å²) in [4.78, 5) is 0. The van der Waals surface area contributed by atoms with Gasteiger partial charge in [0.1, 0.15) is 0 Å². The molecule has 0 aromatic heterocycles. The van der Waals surface area contributed by atoms with E-state index in [1.165, 1.54) is 9.71 Å². The van der Waals surface area contributed by atoms with Crippen molar-refractivity contribution in [1.29, 1.82) is 0 Å². The fraction of sp³-hybridized carbons (Fsp3) is 0.222. The number of hydrogen-bond acceptors (Lipinski definition) is 4.